The fourth-order valence-electron chi connectivity index (χ4n) is 2.71. The molecule has 0 unspecified atom stereocenters. The van der Waals surface area contributed by atoms with Crippen LogP contribution in [0, 0.1) is 6.92 Å². The lowest BCUT2D eigenvalue weighted by Gasteiger charge is -2.14. The summed E-state index contributed by atoms with van der Waals surface area (Å²) in [6.45, 7) is 3.43. The summed E-state index contributed by atoms with van der Waals surface area (Å²) >= 11 is 0. The molecule has 4 nitrogen and oxygen atoms in total. The average Bonchev–Trinajstić information content (AvgIpc) is 2.64. The number of alkyl halides is 6. The summed E-state index contributed by atoms with van der Waals surface area (Å²) in [6, 6.07) is 6.68. The minimum atomic E-state index is -4.99. The largest absolute Gasteiger partial charge is 0.417 e. The Morgan fingerprint density at radius 3 is 2.33 bits per heavy atom. The van der Waals surface area contributed by atoms with Gasteiger partial charge in [-0.05, 0) is 31.5 Å². The molecule has 2 aromatic carbocycles. The molecule has 0 aliphatic carbocycles. The number of hydrogen-bond donors (Lipinski definition) is 0. The van der Waals surface area contributed by atoms with Crippen molar-refractivity contribution in [3.05, 3.63) is 69.8 Å². The number of benzene rings is 2. The molecule has 10 heteroatoms. The van der Waals surface area contributed by atoms with Gasteiger partial charge in [0.1, 0.15) is 13.7 Å². The van der Waals surface area contributed by atoms with Gasteiger partial charge in [-0.3, -0.25) is 0 Å². The van der Waals surface area contributed by atoms with Gasteiger partial charge in [-0.25, -0.2) is 0 Å². The minimum absolute atomic E-state index is 0.0470. The van der Waals surface area contributed by atoms with Gasteiger partial charge in [0, 0.05) is 16.7 Å². The molecule has 0 aliphatic heterocycles. The van der Waals surface area contributed by atoms with Crippen LogP contribution in [0.15, 0.2) is 46.7 Å². The third-order valence-corrected chi connectivity index (χ3v) is 4.19. The highest BCUT2D eigenvalue weighted by molar-refractivity contribution is 5.99. The van der Waals surface area contributed by atoms with Crippen LogP contribution < -0.4 is 0 Å². The summed E-state index contributed by atoms with van der Waals surface area (Å²) in [4.78, 5) is 9.87. The highest BCUT2D eigenvalue weighted by atomic mass is 19.4. The van der Waals surface area contributed by atoms with Gasteiger partial charge in [0.25, 0.3) is 0 Å². The number of halogens is 6. The van der Waals surface area contributed by atoms with Gasteiger partial charge in [-0.15, -0.1) is 0 Å². The van der Waals surface area contributed by atoms with Gasteiger partial charge < -0.3 is 9.68 Å². The van der Waals surface area contributed by atoms with E-state index >= 15 is 0 Å². The molecular weight excluding hydrogens is 414 g/mol. The Balaban J connectivity index is 2.26. The van der Waals surface area contributed by atoms with Crippen molar-refractivity contribution in [1.29, 1.82) is 0 Å². The highest BCUT2D eigenvalue weighted by Gasteiger charge is 2.37. The lowest BCUT2D eigenvalue weighted by molar-refractivity contribution is -0.143. The molecule has 0 saturated heterocycles. The van der Waals surface area contributed by atoms with Crippen LogP contribution in [0.1, 0.15) is 40.3 Å². The van der Waals surface area contributed by atoms with E-state index in [1.165, 1.54) is 7.11 Å². The summed E-state index contributed by atoms with van der Waals surface area (Å²) in [7, 11) is 1.39. The van der Waals surface area contributed by atoms with Gasteiger partial charge in [0.2, 0.25) is 0 Å². The Morgan fingerprint density at radius 2 is 1.73 bits per heavy atom. The number of aryl methyl sites for hydroxylation is 1. The zero-order chi connectivity index (χ0) is 22.5. The van der Waals surface area contributed by atoms with Crippen LogP contribution in [0.3, 0.4) is 0 Å². The van der Waals surface area contributed by atoms with E-state index in [1.54, 1.807) is 19.1 Å². The monoisotopic (exact) mass is 432 g/mol. The molecular formula is C20H18F6N2O2. The lowest BCUT2D eigenvalue weighted by atomic mass is 10.00. The first-order valence-electron chi connectivity index (χ1n) is 8.55. The minimum Gasteiger partial charge on any atom is -0.399 e. The van der Waals surface area contributed by atoms with E-state index in [2.05, 4.69) is 10.3 Å². The molecule has 0 aliphatic rings. The smallest absolute Gasteiger partial charge is 0.399 e. The van der Waals surface area contributed by atoms with Crippen molar-refractivity contribution >= 4 is 11.9 Å². The number of nitrogens with zero attached hydrogens (tertiary/aromatic N) is 2. The molecule has 0 saturated carbocycles. The summed E-state index contributed by atoms with van der Waals surface area (Å²) in [5, 5.41) is 7.36. The molecule has 162 valence electrons. The molecule has 0 heterocycles. The second-order valence-corrected chi connectivity index (χ2v) is 6.27. The van der Waals surface area contributed by atoms with Crippen molar-refractivity contribution in [1.82, 2.24) is 0 Å². The zero-order valence-electron chi connectivity index (χ0n) is 16.2. The van der Waals surface area contributed by atoms with Crippen molar-refractivity contribution < 1.29 is 36.0 Å². The van der Waals surface area contributed by atoms with Crippen molar-refractivity contribution in [2.24, 2.45) is 10.3 Å². The maximum Gasteiger partial charge on any atom is 0.417 e. The quantitative estimate of drug-likeness (QED) is 0.322. The normalized spacial score (nSPS) is 13.0. The Labute approximate surface area is 168 Å². The molecule has 0 N–H and O–H groups in total. The summed E-state index contributed by atoms with van der Waals surface area (Å²) < 4.78 is 77.7. The van der Waals surface area contributed by atoms with E-state index < -0.39 is 29.0 Å². The molecule has 30 heavy (non-hydrogen) atoms. The number of hydrogen-bond acceptors (Lipinski definition) is 4. The van der Waals surface area contributed by atoms with E-state index in [9.17, 15) is 26.3 Å². The van der Waals surface area contributed by atoms with Crippen LogP contribution in [-0.2, 0) is 28.6 Å². The van der Waals surface area contributed by atoms with Crippen molar-refractivity contribution in [2.75, 3.05) is 7.11 Å². The molecule has 0 fully saturated rings. The van der Waals surface area contributed by atoms with Crippen LogP contribution in [0.4, 0.5) is 26.3 Å². The van der Waals surface area contributed by atoms with Gasteiger partial charge in [-0.2, -0.15) is 26.3 Å². The molecule has 2 rings (SSSR count). The Hall–Kier alpha value is -3.04. The summed E-state index contributed by atoms with van der Waals surface area (Å²) in [5.41, 5.74) is -0.606. The Bertz CT molecular complexity index is 949. The van der Waals surface area contributed by atoms with E-state index in [-0.39, 0.29) is 12.7 Å². The molecule has 0 spiro atoms. The lowest BCUT2D eigenvalue weighted by Crippen LogP contribution is -2.13. The molecule has 0 aromatic heterocycles. The van der Waals surface area contributed by atoms with E-state index in [4.69, 9.17) is 9.68 Å². The highest BCUT2D eigenvalue weighted by Crippen LogP contribution is 2.36. The number of oxime groups is 2. The van der Waals surface area contributed by atoms with Crippen LogP contribution in [-0.4, -0.2) is 19.0 Å². The Morgan fingerprint density at radius 1 is 1.03 bits per heavy atom. The third-order valence-electron chi connectivity index (χ3n) is 4.19. The summed E-state index contributed by atoms with van der Waals surface area (Å²) in [6.07, 6.45) is -9.15. The van der Waals surface area contributed by atoms with Gasteiger partial charge in [0.05, 0.1) is 23.1 Å². The van der Waals surface area contributed by atoms with Crippen molar-refractivity contribution in [3.8, 4) is 0 Å². The van der Waals surface area contributed by atoms with Crippen LogP contribution >= 0.6 is 0 Å². The van der Waals surface area contributed by atoms with Gasteiger partial charge in [-0.1, -0.05) is 34.6 Å². The number of rotatable bonds is 6. The maximum atomic E-state index is 13.2. The average molecular weight is 432 g/mol. The van der Waals surface area contributed by atoms with E-state index in [0.717, 1.165) is 11.8 Å². The Kier molecular flexibility index (Phi) is 7.12. The summed E-state index contributed by atoms with van der Waals surface area (Å²) in [5.74, 6) is 0. The SMILES string of the molecule is CO/N=C(/C)c1cccc(C)c1CO/N=C/c1ccc(C(F)(F)F)cc1C(F)(F)F. The second kappa shape index (κ2) is 9.19. The zero-order valence-corrected chi connectivity index (χ0v) is 16.2. The topological polar surface area (TPSA) is 43.2 Å². The molecule has 0 bridgehead atoms. The third kappa shape index (κ3) is 5.74. The van der Waals surface area contributed by atoms with Gasteiger partial charge >= 0.3 is 12.4 Å². The van der Waals surface area contributed by atoms with Crippen LogP contribution in [0.5, 0.6) is 0 Å². The predicted molar refractivity (Wildman–Crippen MR) is 99.2 cm³/mol. The van der Waals surface area contributed by atoms with Crippen molar-refractivity contribution in [2.45, 2.75) is 32.8 Å². The van der Waals surface area contributed by atoms with Gasteiger partial charge in [0.15, 0.2) is 0 Å². The second-order valence-electron chi connectivity index (χ2n) is 6.27. The van der Waals surface area contributed by atoms with Crippen LogP contribution in [0.25, 0.3) is 0 Å². The fraction of sp³-hybridized carbons (Fsp3) is 0.300. The molecule has 2 aromatic rings. The van der Waals surface area contributed by atoms with Crippen LogP contribution in [0.2, 0.25) is 0 Å². The first-order chi connectivity index (χ1) is 13.9. The fourth-order valence-corrected chi connectivity index (χ4v) is 2.71. The van der Waals surface area contributed by atoms with Crippen molar-refractivity contribution in [3.63, 3.8) is 0 Å². The molecule has 0 radical (unpaired) electrons. The predicted octanol–water partition coefficient (Wildman–Crippen LogP) is 5.95. The van der Waals surface area contributed by atoms with E-state index in [1.807, 2.05) is 13.0 Å². The maximum absolute atomic E-state index is 13.2. The molecule has 0 amide bonds. The first kappa shape index (κ1) is 23.2. The molecule has 0 atom stereocenters. The van der Waals surface area contributed by atoms with E-state index in [0.29, 0.717) is 29.0 Å². The standard InChI is InChI=1S/C20H18F6N2O2/c1-12-5-4-6-16(13(2)28-29-3)17(12)11-30-27-10-14-7-8-15(19(21,22)23)9-18(14)20(24,25)26/h4-10H,11H2,1-3H3/b27-10+,28-13-. The first-order valence-corrected chi connectivity index (χ1v) is 8.55.